The van der Waals surface area contributed by atoms with Crippen LogP contribution < -0.4 is 0 Å². The molecule has 0 aliphatic heterocycles. The molecule has 0 saturated carbocycles. The smallest absolute Gasteiger partial charge is 0.0883 e. The summed E-state index contributed by atoms with van der Waals surface area (Å²) >= 11 is 1.50. The second-order valence-electron chi connectivity index (χ2n) is 2.39. The van der Waals surface area contributed by atoms with E-state index in [0.717, 1.165) is 10.4 Å². The van der Waals surface area contributed by atoms with Crippen molar-refractivity contribution in [2.75, 3.05) is 0 Å². The molecule has 1 atom stereocenters. The van der Waals surface area contributed by atoms with E-state index in [1.54, 1.807) is 0 Å². The fraction of sp³-hybridized carbons (Fsp3) is 0.500. The van der Waals surface area contributed by atoms with E-state index in [9.17, 15) is 5.11 Å². The average Bonchev–Trinajstić information content (AvgIpc) is 2.50. The van der Waals surface area contributed by atoms with Crippen LogP contribution >= 0.6 is 11.3 Å². The highest BCUT2D eigenvalue weighted by molar-refractivity contribution is 7.10. The largest absolute Gasteiger partial charge is 0.392 e. The molecule has 2 nitrogen and oxygen atoms in total. The van der Waals surface area contributed by atoms with Crippen LogP contribution in [0.2, 0.25) is 0 Å². The van der Waals surface area contributed by atoms with Crippen LogP contribution in [0.5, 0.6) is 0 Å². The van der Waals surface area contributed by atoms with Crippen LogP contribution in [0.4, 0.5) is 0 Å². The highest BCUT2D eigenvalue weighted by atomic mass is 32.1. The standard InChI is InChI=1S/C8H12O2S/c1-2-7(10)8-6(5-9)3-4-11-8/h3-4,7,9-10H,2,5H2,1H3. The Balaban J connectivity index is 2.83. The first-order chi connectivity index (χ1) is 5.29. The molecule has 0 saturated heterocycles. The third-order valence-electron chi connectivity index (χ3n) is 1.64. The fourth-order valence-corrected chi connectivity index (χ4v) is 1.94. The molecule has 1 heterocycles. The predicted molar refractivity (Wildman–Crippen MR) is 45.5 cm³/mol. The fourth-order valence-electron chi connectivity index (χ4n) is 0.956. The zero-order valence-electron chi connectivity index (χ0n) is 6.45. The van der Waals surface area contributed by atoms with Crippen molar-refractivity contribution in [2.24, 2.45) is 0 Å². The van der Waals surface area contributed by atoms with Gasteiger partial charge in [0.15, 0.2) is 0 Å². The first kappa shape index (κ1) is 8.71. The van der Waals surface area contributed by atoms with Crippen molar-refractivity contribution in [3.63, 3.8) is 0 Å². The molecule has 3 heteroatoms. The van der Waals surface area contributed by atoms with Gasteiger partial charge in [-0.25, -0.2) is 0 Å². The van der Waals surface area contributed by atoms with Crippen molar-refractivity contribution in [2.45, 2.75) is 26.1 Å². The molecule has 0 fully saturated rings. The molecular formula is C8H12O2S. The molecule has 0 spiro atoms. The lowest BCUT2D eigenvalue weighted by atomic mass is 10.1. The summed E-state index contributed by atoms with van der Waals surface area (Å²) in [7, 11) is 0. The summed E-state index contributed by atoms with van der Waals surface area (Å²) in [6.45, 7) is 1.95. The number of aliphatic hydroxyl groups excluding tert-OH is 2. The van der Waals surface area contributed by atoms with Gasteiger partial charge in [0.2, 0.25) is 0 Å². The van der Waals surface area contributed by atoms with Gasteiger partial charge >= 0.3 is 0 Å². The second-order valence-corrected chi connectivity index (χ2v) is 3.34. The second kappa shape index (κ2) is 3.85. The summed E-state index contributed by atoms with van der Waals surface area (Å²) < 4.78 is 0. The number of thiophene rings is 1. The van der Waals surface area contributed by atoms with Crippen LogP contribution in [-0.2, 0) is 6.61 Å². The maximum Gasteiger partial charge on any atom is 0.0883 e. The van der Waals surface area contributed by atoms with Gasteiger partial charge in [-0.05, 0) is 23.4 Å². The van der Waals surface area contributed by atoms with E-state index in [1.807, 2.05) is 18.4 Å². The average molecular weight is 172 g/mol. The van der Waals surface area contributed by atoms with Gasteiger partial charge in [0.25, 0.3) is 0 Å². The first-order valence-electron chi connectivity index (χ1n) is 3.64. The molecule has 62 valence electrons. The number of rotatable bonds is 3. The van der Waals surface area contributed by atoms with E-state index in [0.29, 0.717) is 6.42 Å². The van der Waals surface area contributed by atoms with E-state index in [2.05, 4.69) is 0 Å². The van der Waals surface area contributed by atoms with Crippen molar-refractivity contribution >= 4 is 11.3 Å². The molecule has 0 aliphatic rings. The van der Waals surface area contributed by atoms with E-state index in [4.69, 9.17) is 5.11 Å². The zero-order valence-corrected chi connectivity index (χ0v) is 7.27. The van der Waals surface area contributed by atoms with Crippen LogP contribution in [0, 0.1) is 0 Å². The first-order valence-corrected chi connectivity index (χ1v) is 4.52. The molecule has 1 unspecified atom stereocenters. The maximum absolute atomic E-state index is 9.43. The Labute approximate surface area is 70.1 Å². The minimum absolute atomic E-state index is 0.0237. The Bertz CT molecular complexity index is 220. The van der Waals surface area contributed by atoms with Gasteiger partial charge in [0.1, 0.15) is 0 Å². The van der Waals surface area contributed by atoms with Gasteiger partial charge in [0.05, 0.1) is 12.7 Å². The quantitative estimate of drug-likeness (QED) is 0.728. The van der Waals surface area contributed by atoms with E-state index in [-0.39, 0.29) is 6.61 Å². The molecule has 0 radical (unpaired) electrons. The van der Waals surface area contributed by atoms with E-state index in [1.165, 1.54) is 11.3 Å². The summed E-state index contributed by atoms with van der Waals surface area (Å²) in [6.07, 6.45) is 0.296. The highest BCUT2D eigenvalue weighted by Crippen LogP contribution is 2.26. The zero-order chi connectivity index (χ0) is 8.27. The SMILES string of the molecule is CCC(O)c1sccc1CO. The van der Waals surface area contributed by atoms with Crippen molar-refractivity contribution in [1.29, 1.82) is 0 Å². The lowest BCUT2D eigenvalue weighted by Crippen LogP contribution is -1.95. The summed E-state index contributed by atoms with van der Waals surface area (Å²) in [5.41, 5.74) is 0.851. The van der Waals surface area contributed by atoms with E-state index < -0.39 is 6.10 Å². The van der Waals surface area contributed by atoms with Crippen molar-refractivity contribution in [3.8, 4) is 0 Å². The summed E-state index contributed by atoms with van der Waals surface area (Å²) in [4.78, 5) is 0.898. The monoisotopic (exact) mass is 172 g/mol. The van der Waals surface area contributed by atoms with Crippen LogP contribution in [-0.4, -0.2) is 10.2 Å². The minimum atomic E-state index is -0.405. The van der Waals surface area contributed by atoms with Gasteiger partial charge in [-0.15, -0.1) is 11.3 Å². The maximum atomic E-state index is 9.43. The van der Waals surface area contributed by atoms with Crippen molar-refractivity contribution in [3.05, 3.63) is 21.9 Å². The topological polar surface area (TPSA) is 40.5 Å². The Morgan fingerprint density at radius 2 is 2.36 bits per heavy atom. The summed E-state index contributed by atoms with van der Waals surface area (Å²) in [5, 5.41) is 20.2. The van der Waals surface area contributed by atoms with Crippen molar-refractivity contribution < 1.29 is 10.2 Å². The molecule has 1 aromatic rings. The van der Waals surface area contributed by atoms with E-state index >= 15 is 0 Å². The Morgan fingerprint density at radius 1 is 1.64 bits per heavy atom. The Morgan fingerprint density at radius 3 is 2.91 bits per heavy atom. The normalized spacial score (nSPS) is 13.4. The molecule has 0 amide bonds. The lowest BCUT2D eigenvalue weighted by molar-refractivity contribution is 0.173. The Hall–Kier alpha value is -0.380. The van der Waals surface area contributed by atoms with Gasteiger partial charge in [-0.2, -0.15) is 0 Å². The molecule has 11 heavy (non-hydrogen) atoms. The molecule has 0 aliphatic carbocycles. The van der Waals surface area contributed by atoms with Crippen LogP contribution in [0.15, 0.2) is 11.4 Å². The third-order valence-corrected chi connectivity index (χ3v) is 2.70. The van der Waals surface area contributed by atoms with Gasteiger partial charge < -0.3 is 10.2 Å². The van der Waals surface area contributed by atoms with Crippen LogP contribution in [0.1, 0.15) is 29.9 Å². The van der Waals surface area contributed by atoms with Crippen LogP contribution in [0.3, 0.4) is 0 Å². The molecular weight excluding hydrogens is 160 g/mol. The number of hydrogen-bond acceptors (Lipinski definition) is 3. The summed E-state index contributed by atoms with van der Waals surface area (Å²) in [6, 6.07) is 1.85. The van der Waals surface area contributed by atoms with Crippen LogP contribution in [0.25, 0.3) is 0 Å². The van der Waals surface area contributed by atoms with Gasteiger partial charge in [0, 0.05) is 4.88 Å². The minimum Gasteiger partial charge on any atom is -0.392 e. The molecule has 1 rings (SSSR count). The molecule has 2 N–H and O–H groups in total. The predicted octanol–water partition coefficient (Wildman–Crippen LogP) is 1.68. The highest BCUT2D eigenvalue weighted by Gasteiger charge is 2.10. The molecule has 1 aromatic heterocycles. The number of aliphatic hydroxyl groups is 2. The lowest BCUT2D eigenvalue weighted by Gasteiger charge is -2.06. The molecule has 0 aromatic carbocycles. The van der Waals surface area contributed by atoms with Crippen molar-refractivity contribution in [1.82, 2.24) is 0 Å². The van der Waals surface area contributed by atoms with Gasteiger partial charge in [-0.3, -0.25) is 0 Å². The molecule has 0 bridgehead atoms. The summed E-state index contributed by atoms with van der Waals surface area (Å²) in [5.74, 6) is 0. The van der Waals surface area contributed by atoms with Gasteiger partial charge in [-0.1, -0.05) is 6.92 Å². The third kappa shape index (κ3) is 1.80. The number of hydrogen-bond donors (Lipinski definition) is 2. The Kier molecular flexibility index (Phi) is 3.05.